The second-order valence-electron chi connectivity index (χ2n) is 8.45. The van der Waals surface area contributed by atoms with Crippen molar-refractivity contribution in [1.82, 2.24) is 9.80 Å². The molecule has 2 atom stereocenters. The van der Waals surface area contributed by atoms with Crippen LogP contribution in [-0.4, -0.2) is 47.4 Å². The molecule has 1 amide bonds. The largest absolute Gasteiger partial charge is 0.416 e. The van der Waals surface area contributed by atoms with E-state index in [1.807, 2.05) is 11.8 Å². The predicted octanol–water partition coefficient (Wildman–Crippen LogP) is 4.49. The Balaban J connectivity index is 0.00000225. The van der Waals surface area contributed by atoms with Crippen LogP contribution < -0.4 is 5.73 Å². The molecule has 1 heterocycles. The van der Waals surface area contributed by atoms with Gasteiger partial charge in [-0.3, -0.25) is 9.69 Å². The van der Waals surface area contributed by atoms with Gasteiger partial charge in [-0.2, -0.15) is 13.2 Å². The van der Waals surface area contributed by atoms with Gasteiger partial charge in [0.25, 0.3) is 0 Å². The van der Waals surface area contributed by atoms with E-state index in [-0.39, 0.29) is 36.6 Å². The predicted molar refractivity (Wildman–Crippen MR) is 117 cm³/mol. The first-order valence-corrected chi connectivity index (χ1v) is 10.1. The lowest BCUT2D eigenvalue weighted by atomic mass is 9.74. The molecule has 30 heavy (non-hydrogen) atoms. The summed E-state index contributed by atoms with van der Waals surface area (Å²) in [7, 11) is 0. The quantitative estimate of drug-likeness (QED) is 0.709. The van der Waals surface area contributed by atoms with Crippen molar-refractivity contribution in [3.05, 3.63) is 35.4 Å². The topological polar surface area (TPSA) is 49.6 Å². The normalized spacial score (nSPS) is 25.6. The van der Waals surface area contributed by atoms with Crippen LogP contribution in [0, 0.1) is 5.92 Å². The van der Waals surface area contributed by atoms with Crippen molar-refractivity contribution in [2.75, 3.05) is 26.2 Å². The molecule has 0 bridgehead atoms. The summed E-state index contributed by atoms with van der Waals surface area (Å²) in [5, 5.41) is 0. The molecule has 0 radical (unpaired) electrons. The molecule has 1 aliphatic carbocycles. The third-order valence-electron chi connectivity index (χ3n) is 6.14. The molecule has 4 nitrogen and oxygen atoms in total. The van der Waals surface area contributed by atoms with Gasteiger partial charge < -0.3 is 10.6 Å². The molecule has 2 aliphatic rings. The summed E-state index contributed by atoms with van der Waals surface area (Å²) in [6.07, 6.45) is 0.433. The van der Waals surface area contributed by atoms with Crippen LogP contribution in [0.1, 0.15) is 50.2 Å². The van der Waals surface area contributed by atoms with Gasteiger partial charge in [-0.05, 0) is 43.9 Å². The van der Waals surface area contributed by atoms with Gasteiger partial charge >= 0.3 is 6.18 Å². The lowest BCUT2D eigenvalue weighted by molar-refractivity contribution is -0.139. The Morgan fingerprint density at radius 1 is 1.07 bits per heavy atom. The zero-order chi connectivity index (χ0) is 20.4. The highest BCUT2D eigenvalue weighted by Gasteiger charge is 2.40. The Kier molecular flexibility index (Phi) is 9.93. The van der Waals surface area contributed by atoms with E-state index in [1.54, 1.807) is 12.1 Å². The van der Waals surface area contributed by atoms with Crippen LogP contribution in [0.5, 0.6) is 0 Å². The number of halogens is 5. The Morgan fingerprint density at radius 2 is 1.73 bits per heavy atom. The third kappa shape index (κ3) is 6.74. The summed E-state index contributed by atoms with van der Waals surface area (Å²) in [6, 6.07) is 5.35. The van der Waals surface area contributed by atoms with Crippen molar-refractivity contribution in [2.45, 2.75) is 57.3 Å². The Hall–Kier alpha value is -1.02. The molecule has 1 saturated carbocycles. The van der Waals surface area contributed by atoms with Gasteiger partial charge in [-0.25, -0.2) is 0 Å². The molecule has 172 valence electrons. The van der Waals surface area contributed by atoms with Crippen molar-refractivity contribution in [3.63, 3.8) is 0 Å². The number of rotatable bonds is 3. The number of hydrogen-bond donors (Lipinski definition) is 1. The number of nitrogens with two attached hydrogens (primary N) is 1. The highest BCUT2D eigenvalue weighted by atomic mass is 35.5. The zero-order valence-corrected chi connectivity index (χ0v) is 18.9. The first-order chi connectivity index (χ1) is 13.2. The molecular formula is C21H32Cl2F3N3O. The minimum absolute atomic E-state index is 0. The van der Waals surface area contributed by atoms with E-state index in [0.29, 0.717) is 13.1 Å². The van der Waals surface area contributed by atoms with E-state index in [9.17, 15) is 18.0 Å². The van der Waals surface area contributed by atoms with E-state index in [0.717, 1.165) is 69.4 Å². The molecule has 0 aromatic heterocycles. The van der Waals surface area contributed by atoms with Crippen molar-refractivity contribution >= 4 is 30.7 Å². The second-order valence-corrected chi connectivity index (χ2v) is 8.45. The van der Waals surface area contributed by atoms with Crippen LogP contribution in [-0.2, 0) is 17.5 Å². The van der Waals surface area contributed by atoms with Crippen molar-refractivity contribution < 1.29 is 18.0 Å². The Labute approximate surface area is 189 Å². The lowest BCUT2D eigenvalue weighted by Crippen LogP contribution is -2.54. The number of alkyl halides is 3. The van der Waals surface area contributed by atoms with Gasteiger partial charge in [0.2, 0.25) is 5.91 Å². The van der Waals surface area contributed by atoms with E-state index in [1.165, 1.54) is 0 Å². The smallest absolute Gasteiger partial charge is 0.341 e. The fourth-order valence-corrected chi connectivity index (χ4v) is 4.39. The zero-order valence-electron chi connectivity index (χ0n) is 17.3. The summed E-state index contributed by atoms with van der Waals surface area (Å²) in [5.74, 6) is 0.0591. The van der Waals surface area contributed by atoms with Crippen LogP contribution in [0.25, 0.3) is 0 Å². The number of hydrogen-bond acceptors (Lipinski definition) is 3. The number of nitrogens with zero attached hydrogens (tertiary/aromatic N) is 2. The summed E-state index contributed by atoms with van der Waals surface area (Å²) < 4.78 is 38.1. The van der Waals surface area contributed by atoms with Crippen LogP contribution in [0.2, 0.25) is 0 Å². The number of benzene rings is 1. The Bertz CT molecular complexity index is 683. The maximum Gasteiger partial charge on any atom is 0.416 e. The molecule has 1 aromatic carbocycles. The van der Waals surface area contributed by atoms with Gasteiger partial charge in [-0.15, -0.1) is 24.8 Å². The molecular weight excluding hydrogens is 438 g/mol. The van der Waals surface area contributed by atoms with Gasteiger partial charge in [-0.1, -0.05) is 25.0 Å². The fourth-order valence-electron chi connectivity index (χ4n) is 4.39. The molecule has 2 N–H and O–H groups in total. The number of amides is 1. The number of carbonyl (C=O) groups excluding carboxylic acids is 1. The summed E-state index contributed by atoms with van der Waals surface area (Å²) >= 11 is 0. The van der Waals surface area contributed by atoms with Crippen molar-refractivity contribution in [1.29, 1.82) is 0 Å². The summed E-state index contributed by atoms with van der Waals surface area (Å²) in [5.41, 5.74) is 6.21. The molecule has 2 fully saturated rings. The maximum atomic E-state index is 13.0. The Morgan fingerprint density at radius 3 is 2.33 bits per heavy atom. The third-order valence-corrected chi connectivity index (χ3v) is 6.14. The van der Waals surface area contributed by atoms with Crippen molar-refractivity contribution in [2.24, 2.45) is 11.7 Å². The molecule has 2 unspecified atom stereocenters. The van der Waals surface area contributed by atoms with Gasteiger partial charge in [0.1, 0.15) is 0 Å². The molecule has 1 aromatic rings. The minimum atomic E-state index is -4.31. The van der Waals surface area contributed by atoms with Crippen LogP contribution in [0.3, 0.4) is 0 Å². The van der Waals surface area contributed by atoms with Crippen LogP contribution >= 0.6 is 24.8 Å². The van der Waals surface area contributed by atoms with Crippen LogP contribution in [0.4, 0.5) is 13.2 Å². The van der Waals surface area contributed by atoms with E-state index in [4.69, 9.17) is 5.73 Å². The first-order valence-electron chi connectivity index (χ1n) is 10.1. The second kappa shape index (κ2) is 11.0. The number of carbonyl (C=O) groups is 1. The minimum Gasteiger partial charge on any atom is -0.341 e. The summed E-state index contributed by atoms with van der Waals surface area (Å²) in [4.78, 5) is 17.2. The summed E-state index contributed by atoms with van der Waals surface area (Å²) in [6.45, 7) is 5.50. The maximum absolute atomic E-state index is 13.0. The highest BCUT2D eigenvalue weighted by molar-refractivity contribution is 5.85. The molecule has 1 aliphatic heterocycles. The standard InChI is InChI=1S/C21H30F3N3O.2ClH/c1-20(25)10-3-2-5-18(20)19(28)27-12-4-11-26(13-14-27)15-16-6-8-17(9-7-16)21(22,23)24;;/h6-9,18H,2-5,10-15,25H2,1H3;2*1H. The van der Waals surface area contributed by atoms with Crippen molar-refractivity contribution in [3.8, 4) is 0 Å². The molecule has 0 spiro atoms. The highest BCUT2D eigenvalue weighted by Crippen LogP contribution is 2.33. The molecule has 3 rings (SSSR count). The van der Waals surface area contributed by atoms with Gasteiger partial charge in [0.05, 0.1) is 11.5 Å². The van der Waals surface area contributed by atoms with Gasteiger partial charge in [0.15, 0.2) is 0 Å². The fraction of sp³-hybridized carbons (Fsp3) is 0.667. The molecule has 1 saturated heterocycles. The van der Waals surface area contributed by atoms with E-state index < -0.39 is 17.3 Å². The average Bonchev–Trinajstić information content (AvgIpc) is 2.86. The van der Waals surface area contributed by atoms with E-state index in [2.05, 4.69) is 4.90 Å². The monoisotopic (exact) mass is 469 g/mol. The van der Waals surface area contributed by atoms with E-state index >= 15 is 0 Å². The molecule has 9 heteroatoms. The average molecular weight is 470 g/mol. The van der Waals surface area contributed by atoms with Gasteiger partial charge in [0, 0.05) is 38.3 Å². The SMILES string of the molecule is CC1(N)CCCCC1C(=O)N1CCCN(Cc2ccc(C(F)(F)F)cc2)CC1.Cl.Cl. The first kappa shape index (κ1) is 27.0. The lowest BCUT2D eigenvalue weighted by Gasteiger charge is -2.39. The van der Waals surface area contributed by atoms with Crippen LogP contribution in [0.15, 0.2) is 24.3 Å².